The highest BCUT2D eigenvalue weighted by molar-refractivity contribution is 5.96. The van der Waals surface area contributed by atoms with Gasteiger partial charge in [-0.05, 0) is 30.3 Å². The largest absolute Gasteiger partial charge is 0.497 e. The van der Waals surface area contributed by atoms with Crippen molar-refractivity contribution in [3.63, 3.8) is 0 Å². The van der Waals surface area contributed by atoms with Crippen LogP contribution in [0.15, 0.2) is 47.1 Å². The molecule has 0 N–H and O–H groups in total. The molecule has 1 fully saturated rings. The van der Waals surface area contributed by atoms with E-state index < -0.39 is 0 Å². The Balaban J connectivity index is 1.46. The number of furan rings is 1. The van der Waals surface area contributed by atoms with Crippen LogP contribution in [0, 0.1) is 0 Å². The van der Waals surface area contributed by atoms with E-state index in [4.69, 9.17) is 13.9 Å². The molecule has 1 aliphatic rings. The van der Waals surface area contributed by atoms with Crippen molar-refractivity contribution in [3.8, 4) is 11.8 Å². The minimum atomic E-state index is -0.143. The Hall–Kier alpha value is -3.09. The van der Waals surface area contributed by atoms with Crippen LogP contribution in [0.4, 0.5) is 0 Å². The summed E-state index contributed by atoms with van der Waals surface area (Å²) < 4.78 is 16.6. The predicted molar refractivity (Wildman–Crippen MR) is 89.7 cm³/mol. The van der Waals surface area contributed by atoms with Gasteiger partial charge < -0.3 is 18.8 Å². The first kappa shape index (κ1) is 15.4. The molecule has 3 heterocycles. The number of methoxy groups -OCH3 is 1. The Morgan fingerprint density at radius 3 is 2.92 bits per heavy atom. The maximum atomic E-state index is 12.7. The average Bonchev–Trinajstić information content (AvgIpc) is 3.28. The maximum absolute atomic E-state index is 12.7. The molecule has 1 unspecified atom stereocenters. The molecule has 7 nitrogen and oxygen atoms in total. The molecule has 0 radical (unpaired) electrons. The Labute approximate surface area is 144 Å². The van der Waals surface area contributed by atoms with Gasteiger partial charge in [0.05, 0.1) is 13.7 Å². The van der Waals surface area contributed by atoms with Gasteiger partial charge in [0.2, 0.25) is 0 Å². The number of hydrogen-bond donors (Lipinski definition) is 0. The lowest BCUT2D eigenvalue weighted by Crippen LogP contribution is -2.30. The van der Waals surface area contributed by atoms with Crippen molar-refractivity contribution in [1.29, 1.82) is 0 Å². The molecule has 128 valence electrons. The molecule has 2 aromatic heterocycles. The van der Waals surface area contributed by atoms with Crippen molar-refractivity contribution >= 4 is 16.9 Å². The molecule has 3 aromatic rings. The third-order valence-corrected chi connectivity index (χ3v) is 4.18. The first-order valence-corrected chi connectivity index (χ1v) is 8.03. The Kier molecular flexibility index (Phi) is 3.97. The van der Waals surface area contributed by atoms with Crippen molar-refractivity contribution in [2.45, 2.75) is 12.5 Å². The number of likely N-dealkylation sites (tertiary alicyclic amines) is 1. The number of hydrogen-bond acceptors (Lipinski definition) is 6. The number of ether oxygens (including phenoxy) is 2. The van der Waals surface area contributed by atoms with E-state index in [-0.39, 0.29) is 12.0 Å². The zero-order chi connectivity index (χ0) is 17.2. The molecule has 1 atom stereocenters. The average molecular weight is 339 g/mol. The van der Waals surface area contributed by atoms with E-state index in [0.717, 1.165) is 17.6 Å². The van der Waals surface area contributed by atoms with Crippen LogP contribution in [-0.2, 0) is 0 Å². The van der Waals surface area contributed by atoms with Gasteiger partial charge in [0.1, 0.15) is 17.4 Å². The van der Waals surface area contributed by atoms with Crippen molar-refractivity contribution in [2.75, 3.05) is 20.2 Å². The van der Waals surface area contributed by atoms with Gasteiger partial charge in [-0.1, -0.05) is 0 Å². The lowest BCUT2D eigenvalue weighted by molar-refractivity contribution is 0.0741. The Bertz CT molecular complexity index is 894. The Morgan fingerprint density at radius 2 is 2.12 bits per heavy atom. The topological polar surface area (TPSA) is 77.7 Å². The van der Waals surface area contributed by atoms with Gasteiger partial charge in [0, 0.05) is 30.7 Å². The lowest BCUT2D eigenvalue weighted by Gasteiger charge is -2.15. The fourth-order valence-corrected chi connectivity index (χ4v) is 2.91. The minimum Gasteiger partial charge on any atom is -0.497 e. The summed E-state index contributed by atoms with van der Waals surface area (Å²) >= 11 is 0. The fourth-order valence-electron chi connectivity index (χ4n) is 2.91. The molecule has 0 aliphatic carbocycles. The number of benzene rings is 1. The smallest absolute Gasteiger partial charge is 0.316 e. The van der Waals surface area contributed by atoms with Crippen LogP contribution in [-0.4, -0.2) is 47.1 Å². The highest BCUT2D eigenvalue weighted by Crippen LogP contribution is 2.26. The molecule has 1 amide bonds. The number of amides is 1. The van der Waals surface area contributed by atoms with Crippen LogP contribution in [0.1, 0.15) is 17.0 Å². The predicted octanol–water partition coefficient (Wildman–Crippen LogP) is 2.52. The summed E-state index contributed by atoms with van der Waals surface area (Å²) in [5.41, 5.74) is 0.661. The number of carbonyl (C=O) groups excluding carboxylic acids is 1. The monoisotopic (exact) mass is 339 g/mol. The first-order valence-electron chi connectivity index (χ1n) is 8.03. The third-order valence-electron chi connectivity index (χ3n) is 4.18. The second-order valence-electron chi connectivity index (χ2n) is 5.83. The van der Waals surface area contributed by atoms with Crippen molar-refractivity contribution in [1.82, 2.24) is 14.9 Å². The summed E-state index contributed by atoms with van der Waals surface area (Å²) in [4.78, 5) is 22.5. The van der Waals surface area contributed by atoms with Gasteiger partial charge in [-0.2, -0.15) is 0 Å². The van der Waals surface area contributed by atoms with E-state index in [9.17, 15) is 4.79 Å². The quantitative estimate of drug-likeness (QED) is 0.727. The van der Waals surface area contributed by atoms with Crippen LogP contribution in [0.2, 0.25) is 0 Å². The van der Waals surface area contributed by atoms with Gasteiger partial charge in [0.15, 0.2) is 5.76 Å². The summed E-state index contributed by atoms with van der Waals surface area (Å²) in [5, 5.41) is 0.840. The first-order chi connectivity index (χ1) is 12.2. The van der Waals surface area contributed by atoms with Crippen molar-refractivity contribution in [3.05, 3.63) is 48.5 Å². The summed E-state index contributed by atoms with van der Waals surface area (Å²) in [5.74, 6) is 0.903. The van der Waals surface area contributed by atoms with Gasteiger partial charge >= 0.3 is 6.01 Å². The van der Waals surface area contributed by atoms with Crippen LogP contribution < -0.4 is 9.47 Å². The van der Waals surface area contributed by atoms with Crippen molar-refractivity contribution < 1.29 is 18.7 Å². The SMILES string of the molecule is COc1ccc2oc(C(=O)N3CCC(Oc4ncccn4)C3)cc2c1. The second kappa shape index (κ2) is 6.43. The molecular weight excluding hydrogens is 322 g/mol. The van der Waals surface area contributed by atoms with Gasteiger partial charge in [0.25, 0.3) is 5.91 Å². The molecule has 0 spiro atoms. The van der Waals surface area contributed by atoms with Gasteiger partial charge in [-0.3, -0.25) is 4.79 Å². The number of carbonyl (C=O) groups is 1. The van der Waals surface area contributed by atoms with Crippen LogP contribution in [0.5, 0.6) is 11.8 Å². The summed E-state index contributed by atoms with van der Waals surface area (Å²) in [6, 6.07) is 9.26. The molecule has 0 bridgehead atoms. The van der Waals surface area contributed by atoms with Gasteiger partial charge in [-0.15, -0.1) is 0 Å². The van der Waals surface area contributed by atoms with Crippen LogP contribution >= 0.6 is 0 Å². The standard InChI is InChI=1S/C18H17N3O4/c1-23-13-3-4-15-12(9-13)10-16(25-15)17(22)21-8-5-14(11-21)24-18-19-6-2-7-20-18/h2-4,6-7,9-10,14H,5,8,11H2,1H3. The molecule has 7 heteroatoms. The third kappa shape index (κ3) is 3.13. The zero-order valence-electron chi connectivity index (χ0n) is 13.7. The maximum Gasteiger partial charge on any atom is 0.316 e. The minimum absolute atomic E-state index is 0.115. The lowest BCUT2D eigenvalue weighted by atomic mass is 10.2. The normalized spacial score (nSPS) is 17.0. The van der Waals surface area contributed by atoms with E-state index in [1.165, 1.54) is 0 Å². The van der Waals surface area contributed by atoms with E-state index in [0.29, 0.717) is 30.4 Å². The number of rotatable bonds is 4. The molecule has 1 saturated heterocycles. The van der Waals surface area contributed by atoms with E-state index in [1.807, 2.05) is 6.07 Å². The molecule has 1 aliphatic heterocycles. The van der Waals surface area contributed by atoms with Crippen LogP contribution in [0.3, 0.4) is 0 Å². The van der Waals surface area contributed by atoms with Crippen molar-refractivity contribution in [2.24, 2.45) is 0 Å². The summed E-state index contributed by atoms with van der Waals surface area (Å²) in [7, 11) is 1.61. The summed E-state index contributed by atoms with van der Waals surface area (Å²) in [6.45, 7) is 1.09. The van der Waals surface area contributed by atoms with Crippen LogP contribution in [0.25, 0.3) is 11.0 Å². The second-order valence-corrected chi connectivity index (χ2v) is 5.83. The highest BCUT2D eigenvalue weighted by atomic mass is 16.5. The van der Waals surface area contributed by atoms with E-state index >= 15 is 0 Å². The highest BCUT2D eigenvalue weighted by Gasteiger charge is 2.30. The van der Waals surface area contributed by atoms with E-state index in [1.54, 1.807) is 48.7 Å². The molecule has 1 aromatic carbocycles. The van der Waals surface area contributed by atoms with E-state index in [2.05, 4.69) is 9.97 Å². The number of nitrogens with zero attached hydrogens (tertiary/aromatic N) is 3. The number of fused-ring (bicyclic) bond motifs is 1. The summed E-state index contributed by atoms with van der Waals surface area (Å²) in [6.07, 6.45) is 3.87. The number of aromatic nitrogens is 2. The fraction of sp³-hybridized carbons (Fsp3) is 0.278. The zero-order valence-corrected chi connectivity index (χ0v) is 13.7. The Morgan fingerprint density at radius 1 is 1.28 bits per heavy atom. The molecular formula is C18H17N3O4. The van der Waals surface area contributed by atoms with Gasteiger partial charge in [-0.25, -0.2) is 9.97 Å². The molecule has 4 rings (SSSR count). The molecule has 0 saturated carbocycles. The molecule has 25 heavy (non-hydrogen) atoms.